The molecule has 0 amide bonds. The molecule has 0 aliphatic heterocycles. The maximum absolute atomic E-state index is 12.2. The lowest BCUT2D eigenvalue weighted by atomic mass is 10.2. The van der Waals surface area contributed by atoms with Gasteiger partial charge in [0.2, 0.25) is 0 Å². The monoisotopic (exact) mass is 290 g/mol. The van der Waals surface area contributed by atoms with Crippen molar-refractivity contribution in [3.8, 4) is 0 Å². The molecule has 1 aromatic heterocycles. The van der Waals surface area contributed by atoms with E-state index in [2.05, 4.69) is 0 Å². The third kappa shape index (κ3) is 3.69. The van der Waals surface area contributed by atoms with Gasteiger partial charge < -0.3 is 0 Å². The summed E-state index contributed by atoms with van der Waals surface area (Å²) in [7, 11) is 0. The fourth-order valence-electron chi connectivity index (χ4n) is 1.57. The highest BCUT2D eigenvalue weighted by molar-refractivity contribution is 8.01. The zero-order valence-corrected chi connectivity index (χ0v) is 12.0. The molecule has 4 heteroatoms. The van der Waals surface area contributed by atoms with Crippen molar-refractivity contribution >= 4 is 35.3 Å². The second-order valence-corrected chi connectivity index (χ2v) is 5.07. The second kappa shape index (κ2) is 6.55. The average molecular weight is 291 g/mol. The number of hydrogen-bond acceptors (Lipinski definition) is 2. The van der Waals surface area contributed by atoms with E-state index in [1.165, 1.54) is 0 Å². The molecule has 2 rings (SSSR count). The van der Waals surface area contributed by atoms with Crippen LogP contribution in [0.15, 0.2) is 54.2 Å². The summed E-state index contributed by atoms with van der Waals surface area (Å²) in [4.78, 5) is 12.2. The van der Waals surface area contributed by atoms with Gasteiger partial charge in [-0.2, -0.15) is 0 Å². The number of pyridine rings is 1. The lowest BCUT2D eigenvalue weighted by molar-refractivity contribution is -0.570. The molecular formula is C15H13ClNOS+. The number of aromatic nitrogens is 1. The second-order valence-electron chi connectivity index (χ2n) is 3.89. The van der Waals surface area contributed by atoms with Crippen molar-refractivity contribution in [3.63, 3.8) is 0 Å². The van der Waals surface area contributed by atoms with Crippen LogP contribution in [0.2, 0.25) is 5.02 Å². The molecule has 1 aromatic carbocycles. The lowest BCUT2D eigenvalue weighted by Gasteiger charge is -1.96. The number of rotatable bonds is 3. The van der Waals surface area contributed by atoms with Crippen molar-refractivity contribution in [2.24, 2.45) is 0 Å². The smallest absolute Gasteiger partial charge is 0.214 e. The van der Waals surface area contributed by atoms with Crippen molar-refractivity contribution in [1.29, 1.82) is 0 Å². The summed E-state index contributed by atoms with van der Waals surface area (Å²) >= 11 is 7.44. The molecule has 0 atom stereocenters. The Bertz CT molecular complexity index is 591. The van der Waals surface area contributed by atoms with E-state index in [0.717, 1.165) is 5.56 Å². The Balaban J connectivity index is 2.20. The average Bonchev–Trinajstić information content (AvgIpc) is 2.46. The van der Waals surface area contributed by atoms with Crippen LogP contribution in [0, 0.1) is 0 Å². The first-order valence-electron chi connectivity index (χ1n) is 5.71. The predicted molar refractivity (Wildman–Crippen MR) is 80.4 cm³/mol. The number of nitrogens with zero attached hydrogens (tertiary/aromatic N) is 1. The van der Waals surface area contributed by atoms with Gasteiger partial charge in [-0.15, -0.1) is 16.3 Å². The summed E-state index contributed by atoms with van der Waals surface area (Å²) in [5, 5.41) is 2.62. The van der Waals surface area contributed by atoms with Gasteiger partial charge >= 0.3 is 5.91 Å². The maximum atomic E-state index is 12.2. The SMILES string of the molecule is CS/C=C/c1cc[n+](C(=O)c2ccc(Cl)cc2)cc1. The Labute approximate surface area is 121 Å². The third-order valence-electron chi connectivity index (χ3n) is 2.58. The summed E-state index contributed by atoms with van der Waals surface area (Å²) in [6.07, 6.45) is 7.53. The van der Waals surface area contributed by atoms with E-state index in [1.54, 1.807) is 53.0 Å². The van der Waals surface area contributed by atoms with Gasteiger partial charge in [-0.05, 0) is 47.6 Å². The van der Waals surface area contributed by atoms with Crippen molar-refractivity contribution in [3.05, 3.63) is 70.3 Å². The zero-order valence-electron chi connectivity index (χ0n) is 10.4. The molecule has 1 heterocycles. The molecule has 0 spiro atoms. The van der Waals surface area contributed by atoms with E-state index in [9.17, 15) is 4.79 Å². The van der Waals surface area contributed by atoms with E-state index in [-0.39, 0.29) is 5.91 Å². The fourth-order valence-corrected chi connectivity index (χ4v) is 1.99. The minimum atomic E-state index is -0.0722. The number of thioether (sulfide) groups is 1. The van der Waals surface area contributed by atoms with Gasteiger partial charge in [0.15, 0.2) is 12.4 Å². The van der Waals surface area contributed by atoms with E-state index in [4.69, 9.17) is 11.6 Å². The Morgan fingerprint density at radius 2 is 1.79 bits per heavy atom. The number of carbonyl (C=O) groups excluding carboxylic acids is 1. The van der Waals surface area contributed by atoms with Crippen LogP contribution in [-0.2, 0) is 0 Å². The molecule has 0 saturated heterocycles. The van der Waals surface area contributed by atoms with Crippen molar-refractivity contribution < 1.29 is 9.36 Å². The fraction of sp³-hybridized carbons (Fsp3) is 0.0667. The van der Waals surface area contributed by atoms with Gasteiger partial charge in [-0.1, -0.05) is 11.6 Å². The largest absolute Gasteiger partial charge is 0.424 e. The van der Waals surface area contributed by atoms with Crippen LogP contribution in [0.5, 0.6) is 0 Å². The standard InChI is InChI=1S/C15H13ClNOS/c1-19-11-8-12-6-9-17(10-7-12)15(18)13-2-4-14(16)5-3-13/h2-11H,1H3/q+1/b11-8+. The summed E-state index contributed by atoms with van der Waals surface area (Å²) < 4.78 is 1.56. The topological polar surface area (TPSA) is 20.9 Å². The molecule has 2 nitrogen and oxygen atoms in total. The molecule has 19 heavy (non-hydrogen) atoms. The highest BCUT2D eigenvalue weighted by Gasteiger charge is 2.16. The number of halogens is 1. The zero-order chi connectivity index (χ0) is 13.7. The first kappa shape index (κ1) is 13.8. The Morgan fingerprint density at radius 3 is 2.37 bits per heavy atom. The number of hydrogen-bond donors (Lipinski definition) is 0. The lowest BCUT2D eigenvalue weighted by Crippen LogP contribution is -2.41. The molecule has 0 aliphatic carbocycles. The molecule has 0 saturated carbocycles. The summed E-state index contributed by atoms with van der Waals surface area (Å²) in [5.74, 6) is -0.0722. The van der Waals surface area contributed by atoms with Gasteiger partial charge in [0.25, 0.3) is 0 Å². The molecular weight excluding hydrogens is 278 g/mol. The molecule has 0 aliphatic rings. The molecule has 0 bridgehead atoms. The van der Waals surface area contributed by atoms with Crippen molar-refractivity contribution in [2.75, 3.05) is 6.26 Å². The van der Waals surface area contributed by atoms with Crippen molar-refractivity contribution in [1.82, 2.24) is 0 Å². The molecule has 0 unspecified atom stereocenters. The van der Waals surface area contributed by atoms with E-state index in [1.807, 2.05) is 29.9 Å². The van der Waals surface area contributed by atoms with Crippen LogP contribution < -0.4 is 4.57 Å². The molecule has 0 radical (unpaired) electrons. The quantitative estimate of drug-likeness (QED) is 0.805. The van der Waals surface area contributed by atoms with Gasteiger partial charge in [0, 0.05) is 17.2 Å². The molecule has 96 valence electrons. The van der Waals surface area contributed by atoms with Crippen LogP contribution in [0.1, 0.15) is 15.9 Å². The molecule has 2 aromatic rings. The normalized spacial score (nSPS) is 10.8. The van der Waals surface area contributed by atoms with Crippen LogP contribution in [0.4, 0.5) is 0 Å². The predicted octanol–water partition coefficient (Wildman–Crippen LogP) is 3.65. The van der Waals surface area contributed by atoms with Gasteiger partial charge in [-0.25, -0.2) is 4.79 Å². The third-order valence-corrected chi connectivity index (χ3v) is 3.24. The number of carbonyl (C=O) groups is 1. The van der Waals surface area contributed by atoms with Gasteiger partial charge in [0.05, 0.1) is 5.56 Å². The van der Waals surface area contributed by atoms with Gasteiger partial charge in [0.1, 0.15) is 0 Å². The van der Waals surface area contributed by atoms with Crippen LogP contribution in [-0.4, -0.2) is 12.2 Å². The summed E-state index contributed by atoms with van der Waals surface area (Å²) in [6, 6.07) is 10.7. The highest BCUT2D eigenvalue weighted by Crippen LogP contribution is 2.09. The summed E-state index contributed by atoms with van der Waals surface area (Å²) in [5.41, 5.74) is 1.68. The first-order valence-corrected chi connectivity index (χ1v) is 7.38. The molecule has 0 fully saturated rings. The molecule has 0 N–H and O–H groups in total. The van der Waals surface area contributed by atoms with Crippen LogP contribution in [0.3, 0.4) is 0 Å². The minimum Gasteiger partial charge on any atom is -0.214 e. The Kier molecular flexibility index (Phi) is 4.77. The first-order chi connectivity index (χ1) is 9.20. The Morgan fingerprint density at radius 1 is 1.16 bits per heavy atom. The van der Waals surface area contributed by atoms with Gasteiger partial charge in [-0.3, -0.25) is 0 Å². The van der Waals surface area contributed by atoms with Crippen LogP contribution in [0.25, 0.3) is 6.08 Å². The van der Waals surface area contributed by atoms with E-state index >= 15 is 0 Å². The minimum absolute atomic E-state index is 0.0722. The maximum Gasteiger partial charge on any atom is 0.424 e. The number of benzene rings is 1. The summed E-state index contributed by atoms with van der Waals surface area (Å²) in [6.45, 7) is 0. The van der Waals surface area contributed by atoms with E-state index < -0.39 is 0 Å². The van der Waals surface area contributed by atoms with Crippen molar-refractivity contribution in [2.45, 2.75) is 0 Å². The van der Waals surface area contributed by atoms with Crippen LogP contribution >= 0.6 is 23.4 Å². The van der Waals surface area contributed by atoms with E-state index in [0.29, 0.717) is 10.6 Å². The highest BCUT2D eigenvalue weighted by atomic mass is 35.5. The Hall–Kier alpha value is -1.58.